The third-order valence-corrected chi connectivity index (χ3v) is 3.05. The van der Waals surface area contributed by atoms with Crippen molar-refractivity contribution in [3.63, 3.8) is 0 Å². The Balaban J connectivity index is 0.000000500. The zero-order chi connectivity index (χ0) is 6.10. The van der Waals surface area contributed by atoms with Crippen LogP contribution in [0, 0.1) is 5.92 Å². The maximum atomic E-state index is 4.21. The normalized spacial score (nSPS) is 28.8. The first-order valence-corrected chi connectivity index (χ1v) is 4.28. The number of hydrogen-bond donors (Lipinski definition) is 0. The van der Waals surface area contributed by atoms with Crippen LogP contribution in [0.5, 0.6) is 0 Å². The van der Waals surface area contributed by atoms with Crippen molar-refractivity contribution in [1.82, 2.24) is 0 Å². The van der Waals surface area contributed by atoms with Gasteiger partial charge in [0.1, 0.15) is 0 Å². The highest BCUT2D eigenvalue weighted by Gasteiger charge is 2.21. The minimum absolute atomic E-state index is 0. The molecule has 10 heavy (non-hydrogen) atoms. The van der Waals surface area contributed by atoms with Gasteiger partial charge >= 0.3 is 0 Å². The summed E-state index contributed by atoms with van der Waals surface area (Å²) < 4.78 is 0. The molecule has 0 spiro atoms. The SMILES string of the molecule is C1=NCC2CCSC2=C1.Cl. The van der Waals surface area contributed by atoms with Gasteiger partial charge in [-0.15, -0.1) is 24.2 Å². The summed E-state index contributed by atoms with van der Waals surface area (Å²) >= 11 is 2.00. The van der Waals surface area contributed by atoms with Crippen molar-refractivity contribution < 1.29 is 0 Å². The number of aliphatic imine (C=N–C) groups is 1. The number of rotatable bonds is 0. The van der Waals surface area contributed by atoms with Crippen LogP contribution in [0.4, 0.5) is 0 Å². The van der Waals surface area contributed by atoms with Crippen molar-refractivity contribution >= 4 is 30.4 Å². The summed E-state index contributed by atoms with van der Waals surface area (Å²) in [5.74, 6) is 2.10. The van der Waals surface area contributed by atoms with Crippen LogP contribution >= 0.6 is 24.2 Å². The number of dihydropyridines is 1. The Bertz CT molecular complexity index is 176. The highest BCUT2D eigenvalue weighted by Crippen LogP contribution is 2.36. The summed E-state index contributed by atoms with van der Waals surface area (Å²) in [6, 6.07) is 0. The molecule has 0 saturated carbocycles. The lowest BCUT2D eigenvalue weighted by molar-refractivity contribution is 0.652. The fourth-order valence-electron chi connectivity index (χ4n) is 1.26. The van der Waals surface area contributed by atoms with E-state index in [4.69, 9.17) is 0 Å². The van der Waals surface area contributed by atoms with Crippen molar-refractivity contribution in [2.45, 2.75) is 6.42 Å². The third kappa shape index (κ3) is 1.38. The van der Waals surface area contributed by atoms with E-state index in [1.807, 2.05) is 18.0 Å². The molecule has 0 aromatic heterocycles. The minimum Gasteiger partial charge on any atom is -0.292 e. The van der Waals surface area contributed by atoms with Crippen molar-refractivity contribution in [3.8, 4) is 0 Å². The van der Waals surface area contributed by atoms with Crippen LogP contribution in [0.2, 0.25) is 0 Å². The molecule has 2 rings (SSSR count). The van der Waals surface area contributed by atoms with Crippen LogP contribution in [-0.4, -0.2) is 18.5 Å². The van der Waals surface area contributed by atoms with Gasteiger partial charge in [0.25, 0.3) is 0 Å². The van der Waals surface area contributed by atoms with E-state index in [0.29, 0.717) is 0 Å². The Hall–Kier alpha value is 0.0500. The fourth-order valence-corrected chi connectivity index (χ4v) is 2.48. The smallest absolute Gasteiger partial charge is 0.0463 e. The number of fused-ring (bicyclic) bond motifs is 1. The minimum atomic E-state index is 0. The first-order valence-electron chi connectivity index (χ1n) is 3.29. The second kappa shape index (κ2) is 3.44. The third-order valence-electron chi connectivity index (χ3n) is 1.81. The molecule has 1 saturated heterocycles. The average Bonchev–Trinajstić information content (AvgIpc) is 2.33. The Kier molecular flexibility index (Phi) is 2.81. The summed E-state index contributed by atoms with van der Waals surface area (Å²) in [5, 5.41) is 0. The molecule has 0 radical (unpaired) electrons. The van der Waals surface area contributed by atoms with Gasteiger partial charge in [-0.3, -0.25) is 4.99 Å². The number of halogens is 1. The first kappa shape index (κ1) is 8.15. The molecule has 1 unspecified atom stereocenters. The molecular formula is C7H10ClNS. The Morgan fingerprint density at radius 2 is 2.50 bits per heavy atom. The van der Waals surface area contributed by atoms with Crippen LogP contribution in [0.1, 0.15) is 6.42 Å². The molecule has 0 N–H and O–H groups in total. The molecule has 3 heteroatoms. The largest absolute Gasteiger partial charge is 0.292 e. The van der Waals surface area contributed by atoms with E-state index < -0.39 is 0 Å². The summed E-state index contributed by atoms with van der Waals surface area (Å²) in [6.07, 6.45) is 5.43. The predicted molar refractivity (Wildman–Crippen MR) is 49.3 cm³/mol. The van der Waals surface area contributed by atoms with Crippen LogP contribution in [0.3, 0.4) is 0 Å². The Labute approximate surface area is 71.4 Å². The van der Waals surface area contributed by atoms with Gasteiger partial charge in [-0.25, -0.2) is 0 Å². The number of hydrogen-bond acceptors (Lipinski definition) is 2. The Morgan fingerprint density at radius 1 is 1.60 bits per heavy atom. The van der Waals surface area contributed by atoms with E-state index >= 15 is 0 Å². The van der Waals surface area contributed by atoms with Crippen molar-refractivity contribution in [1.29, 1.82) is 0 Å². The van der Waals surface area contributed by atoms with E-state index in [1.165, 1.54) is 12.2 Å². The van der Waals surface area contributed by atoms with E-state index in [2.05, 4.69) is 11.1 Å². The quantitative estimate of drug-likeness (QED) is 0.550. The van der Waals surface area contributed by atoms with Crippen LogP contribution < -0.4 is 0 Å². The topological polar surface area (TPSA) is 12.4 Å². The van der Waals surface area contributed by atoms with Gasteiger partial charge in [-0.1, -0.05) is 0 Å². The Morgan fingerprint density at radius 3 is 3.30 bits per heavy atom. The average molecular weight is 176 g/mol. The highest BCUT2D eigenvalue weighted by molar-refractivity contribution is 8.03. The second-order valence-electron chi connectivity index (χ2n) is 2.42. The number of thioether (sulfide) groups is 1. The van der Waals surface area contributed by atoms with E-state index in [1.54, 1.807) is 4.91 Å². The molecule has 0 aromatic carbocycles. The van der Waals surface area contributed by atoms with Crippen LogP contribution in [0.15, 0.2) is 16.0 Å². The zero-order valence-electron chi connectivity index (χ0n) is 5.62. The summed E-state index contributed by atoms with van der Waals surface area (Å²) in [5.41, 5.74) is 0. The molecular weight excluding hydrogens is 166 g/mol. The molecule has 2 aliphatic rings. The van der Waals surface area contributed by atoms with Gasteiger partial charge < -0.3 is 0 Å². The molecule has 0 bridgehead atoms. The highest BCUT2D eigenvalue weighted by atomic mass is 35.5. The van der Waals surface area contributed by atoms with E-state index in [9.17, 15) is 0 Å². The monoisotopic (exact) mass is 175 g/mol. The molecule has 2 aliphatic heterocycles. The molecule has 1 fully saturated rings. The molecule has 0 aliphatic carbocycles. The van der Waals surface area contributed by atoms with E-state index in [0.717, 1.165) is 12.5 Å². The second-order valence-corrected chi connectivity index (χ2v) is 3.59. The number of allylic oxidation sites excluding steroid dienone is 1. The summed E-state index contributed by atoms with van der Waals surface area (Å²) in [4.78, 5) is 5.77. The zero-order valence-corrected chi connectivity index (χ0v) is 7.25. The fraction of sp³-hybridized carbons (Fsp3) is 0.571. The molecule has 1 atom stereocenters. The van der Waals surface area contributed by atoms with Crippen LogP contribution in [-0.2, 0) is 0 Å². The molecule has 2 heterocycles. The van der Waals surface area contributed by atoms with Gasteiger partial charge in [0, 0.05) is 18.7 Å². The standard InChI is InChI=1S/C7H9NS.ClH/c1-3-8-5-6-2-4-9-7(1)6;/h1,3,6H,2,4-5H2;1H. The van der Waals surface area contributed by atoms with Gasteiger partial charge in [0.15, 0.2) is 0 Å². The summed E-state index contributed by atoms with van der Waals surface area (Å²) in [7, 11) is 0. The molecule has 0 aromatic rings. The molecule has 0 amide bonds. The maximum absolute atomic E-state index is 4.21. The van der Waals surface area contributed by atoms with Gasteiger partial charge in [0.05, 0.1) is 0 Å². The van der Waals surface area contributed by atoms with Gasteiger partial charge in [-0.2, -0.15) is 0 Å². The lowest BCUT2D eigenvalue weighted by atomic mass is 10.1. The van der Waals surface area contributed by atoms with Gasteiger partial charge in [-0.05, 0) is 23.2 Å². The lowest BCUT2D eigenvalue weighted by Gasteiger charge is -2.09. The molecule has 1 nitrogen and oxygen atoms in total. The van der Waals surface area contributed by atoms with Gasteiger partial charge in [0.2, 0.25) is 0 Å². The van der Waals surface area contributed by atoms with E-state index in [-0.39, 0.29) is 12.4 Å². The van der Waals surface area contributed by atoms with Crippen molar-refractivity contribution in [3.05, 3.63) is 11.0 Å². The number of nitrogens with zero attached hydrogens (tertiary/aromatic N) is 1. The summed E-state index contributed by atoms with van der Waals surface area (Å²) in [6.45, 7) is 1.04. The lowest BCUT2D eigenvalue weighted by Crippen LogP contribution is -2.04. The predicted octanol–water partition coefficient (Wildman–Crippen LogP) is 2.13. The van der Waals surface area contributed by atoms with Crippen LogP contribution in [0.25, 0.3) is 0 Å². The van der Waals surface area contributed by atoms with Crippen molar-refractivity contribution in [2.24, 2.45) is 10.9 Å². The first-order chi connectivity index (χ1) is 4.47. The maximum Gasteiger partial charge on any atom is 0.0463 e. The van der Waals surface area contributed by atoms with Crippen molar-refractivity contribution in [2.75, 3.05) is 12.3 Å². The molecule has 56 valence electrons.